The molecule has 0 atom stereocenters. The van der Waals surface area contributed by atoms with Gasteiger partial charge in [0, 0.05) is 31.5 Å². The van der Waals surface area contributed by atoms with Crippen LogP contribution in [0.15, 0.2) is 29.2 Å². The van der Waals surface area contributed by atoms with Gasteiger partial charge in [0.05, 0.1) is 0 Å². The quantitative estimate of drug-likeness (QED) is 0.893. The molecule has 1 N–H and O–H groups in total. The van der Waals surface area contributed by atoms with E-state index >= 15 is 0 Å². The van der Waals surface area contributed by atoms with E-state index in [1.807, 2.05) is 32.0 Å². The van der Waals surface area contributed by atoms with Gasteiger partial charge in [0.1, 0.15) is 10.6 Å². The molecule has 0 saturated carbocycles. The maximum Gasteiger partial charge on any atom is 0.272 e. The van der Waals surface area contributed by atoms with Gasteiger partial charge in [-0.3, -0.25) is 4.79 Å². The molecule has 3 rings (SSSR count). The number of aryl methyl sites for hydroxylation is 2. The summed E-state index contributed by atoms with van der Waals surface area (Å²) in [6, 6.07) is 7.19. The number of benzene rings is 1. The van der Waals surface area contributed by atoms with Gasteiger partial charge < -0.3 is 9.88 Å². The predicted octanol–water partition coefficient (Wildman–Crippen LogP) is 2.99. The van der Waals surface area contributed by atoms with Crippen molar-refractivity contribution < 1.29 is 13.2 Å². The van der Waals surface area contributed by atoms with E-state index in [2.05, 4.69) is 5.32 Å². The summed E-state index contributed by atoms with van der Waals surface area (Å²) in [6.45, 7) is 6.81. The van der Waals surface area contributed by atoms with Gasteiger partial charge in [-0.15, -0.1) is 0 Å². The Hall–Kier alpha value is -2.12. The van der Waals surface area contributed by atoms with E-state index in [9.17, 15) is 13.2 Å². The largest absolute Gasteiger partial charge is 0.343 e. The molecular weight excluding hydrogens is 350 g/mol. The van der Waals surface area contributed by atoms with Crippen LogP contribution in [0.5, 0.6) is 0 Å². The first-order valence-corrected chi connectivity index (χ1v) is 10.2. The van der Waals surface area contributed by atoms with E-state index in [-0.39, 0.29) is 10.8 Å². The van der Waals surface area contributed by atoms with Gasteiger partial charge in [0.25, 0.3) is 5.91 Å². The summed E-state index contributed by atoms with van der Waals surface area (Å²) >= 11 is 0. The number of hydrogen-bond acceptors (Lipinski definition) is 3. The number of carbonyl (C=O) groups is 1. The van der Waals surface area contributed by atoms with Crippen molar-refractivity contribution in [3.8, 4) is 0 Å². The van der Waals surface area contributed by atoms with Gasteiger partial charge >= 0.3 is 0 Å². The Balaban J connectivity index is 1.91. The Morgan fingerprint density at radius 2 is 1.69 bits per heavy atom. The van der Waals surface area contributed by atoms with Crippen molar-refractivity contribution in [1.82, 2.24) is 8.87 Å². The fraction of sp³-hybridized carbons (Fsp3) is 0.421. The van der Waals surface area contributed by atoms with Crippen LogP contribution in [-0.2, 0) is 17.1 Å². The maximum atomic E-state index is 12.9. The molecule has 0 aliphatic carbocycles. The van der Waals surface area contributed by atoms with E-state index < -0.39 is 10.0 Å². The van der Waals surface area contributed by atoms with Gasteiger partial charge in [0.2, 0.25) is 10.0 Å². The summed E-state index contributed by atoms with van der Waals surface area (Å²) in [5.74, 6) is -0.318. The number of rotatable bonds is 4. The number of aromatic nitrogens is 1. The Labute approximate surface area is 154 Å². The zero-order chi connectivity index (χ0) is 19.1. The fourth-order valence-electron chi connectivity index (χ4n) is 3.23. The fourth-order valence-corrected chi connectivity index (χ4v) is 5.02. The highest BCUT2D eigenvalue weighted by atomic mass is 32.2. The molecule has 1 aromatic carbocycles. The number of nitrogens with one attached hydrogen (secondary N) is 1. The van der Waals surface area contributed by atoms with E-state index in [1.165, 1.54) is 10.4 Å². The van der Waals surface area contributed by atoms with Crippen molar-refractivity contribution in [2.24, 2.45) is 7.05 Å². The maximum absolute atomic E-state index is 12.9. The number of anilines is 1. The molecule has 1 amide bonds. The molecule has 2 heterocycles. The van der Waals surface area contributed by atoms with Crippen molar-refractivity contribution in [3.63, 3.8) is 0 Å². The Morgan fingerprint density at radius 1 is 1.04 bits per heavy atom. The average Bonchev–Trinajstić information content (AvgIpc) is 3.21. The van der Waals surface area contributed by atoms with Crippen molar-refractivity contribution in [1.29, 1.82) is 0 Å². The molecule has 140 valence electrons. The molecule has 1 aliphatic heterocycles. The van der Waals surface area contributed by atoms with Gasteiger partial charge in [-0.1, -0.05) is 6.07 Å². The Morgan fingerprint density at radius 3 is 2.31 bits per heavy atom. The second-order valence-electron chi connectivity index (χ2n) is 6.90. The minimum atomic E-state index is -3.56. The Bertz CT molecular complexity index is 955. The second-order valence-corrected chi connectivity index (χ2v) is 8.81. The van der Waals surface area contributed by atoms with Crippen LogP contribution < -0.4 is 5.32 Å². The number of amides is 1. The normalized spacial score (nSPS) is 15.4. The van der Waals surface area contributed by atoms with Crippen LogP contribution in [0.1, 0.15) is 40.2 Å². The lowest BCUT2D eigenvalue weighted by molar-refractivity contribution is 0.101. The first-order valence-electron chi connectivity index (χ1n) is 8.77. The molecule has 0 spiro atoms. The molecule has 1 saturated heterocycles. The molecular formula is C19H25N3O3S. The van der Waals surface area contributed by atoms with Crippen LogP contribution in [0.3, 0.4) is 0 Å². The standard InChI is InChI=1S/C19H25N3O3S/c1-13-7-8-16(11-14(13)2)20-19(23)17-12-18(15(3)21(17)4)26(24,25)22-9-5-6-10-22/h7-8,11-12H,5-6,9-10H2,1-4H3,(H,20,23). The van der Waals surface area contributed by atoms with Crippen molar-refractivity contribution in [2.45, 2.75) is 38.5 Å². The van der Waals surface area contributed by atoms with Gasteiger partial charge in [-0.05, 0) is 62.9 Å². The van der Waals surface area contributed by atoms with Crippen LogP contribution in [0.25, 0.3) is 0 Å². The highest BCUT2D eigenvalue weighted by Gasteiger charge is 2.31. The van der Waals surface area contributed by atoms with E-state index in [4.69, 9.17) is 0 Å². The van der Waals surface area contributed by atoms with Gasteiger partial charge in [-0.25, -0.2) is 8.42 Å². The smallest absolute Gasteiger partial charge is 0.272 e. The lowest BCUT2D eigenvalue weighted by Crippen LogP contribution is -2.28. The van der Waals surface area contributed by atoms with Crippen molar-refractivity contribution in [3.05, 3.63) is 46.8 Å². The van der Waals surface area contributed by atoms with Crippen LogP contribution in [-0.4, -0.2) is 36.3 Å². The summed E-state index contributed by atoms with van der Waals surface area (Å²) in [4.78, 5) is 12.9. The lowest BCUT2D eigenvalue weighted by atomic mass is 10.1. The third-order valence-corrected chi connectivity index (χ3v) is 7.18. The van der Waals surface area contributed by atoms with Gasteiger partial charge in [-0.2, -0.15) is 4.31 Å². The second kappa shape index (κ2) is 6.89. The molecule has 2 aromatic rings. The zero-order valence-corrected chi connectivity index (χ0v) is 16.5. The lowest BCUT2D eigenvalue weighted by Gasteiger charge is -2.15. The monoisotopic (exact) mass is 375 g/mol. The number of hydrogen-bond donors (Lipinski definition) is 1. The van der Waals surface area contributed by atoms with Crippen molar-refractivity contribution in [2.75, 3.05) is 18.4 Å². The molecule has 1 fully saturated rings. The molecule has 0 bridgehead atoms. The average molecular weight is 375 g/mol. The summed E-state index contributed by atoms with van der Waals surface area (Å²) in [5.41, 5.74) is 3.83. The van der Waals surface area contributed by atoms with Gasteiger partial charge in [0.15, 0.2) is 0 Å². The van der Waals surface area contributed by atoms with E-state index in [1.54, 1.807) is 18.5 Å². The van der Waals surface area contributed by atoms with Crippen molar-refractivity contribution >= 4 is 21.6 Å². The zero-order valence-electron chi connectivity index (χ0n) is 15.7. The van der Waals surface area contributed by atoms with Crippen LogP contribution in [0.2, 0.25) is 0 Å². The third kappa shape index (κ3) is 3.29. The SMILES string of the molecule is Cc1ccc(NC(=O)c2cc(S(=O)(=O)N3CCCC3)c(C)n2C)cc1C. The van der Waals surface area contributed by atoms with E-state index in [0.717, 1.165) is 24.0 Å². The molecule has 6 nitrogen and oxygen atoms in total. The molecule has 1 aliphatic rings. The summed E-state index contributed by atoms with van der Waals surface area (Å²) < 4.78 is 28.9. The van der Waals surface area contributed by atoms with E-state index in [0.29, 0.717) is 30.2 Å². The minimum Gasteiger partial charge on any atom is -0.343 e. The minimum absolute atomic E-state index is 0.215. The first-order chi connectivity index (χ1) is 12.2. The molecule has 0 unspecified atom stereocenters. The predicted molar refractivity (Wildman–Crippen MR) is 102 cm³/mol. The summed E-state index contributed by atoms with van der Waals surface area (Å²) in [5, 5.41) is 2.86. The van der Waals surface area contributed by atoms with Crippen LogP contribution in [0, 0.1) is 20.8 Å². The molecule has 26 heavy (non-hydrogen) atoms. The Kier molecular flexibility index (Phi) is 4.94. The molecule has 1 aromatic heterocycles. The summed E-state index contributed by atoms with van der Waals surface area (Å²) in [7, 11) is -1.84. The van der Waals surface area contributed by atoms with Crippen LogP contribution in [0.4, 0.5) is 5.69 Å². The molecule has 7 heteroatoms. The topological polar surface area (TPSA) is 71.4 Å². The number of sulfonamides is 1. The number of nitrogens with zero attached hydrogens (tertiary/aromatic N) is 2. The summed E-state index contributed by atoms with van der Waals surface area (Å²) in [6.07, 6.45) is 1.76. The third-order valence-electron chi connectivity index (χ3n) is 5.17. The number of carbonyl (C=O) groups excluding carboxylic acids is 1. The highest BCUT2D eigenvalue weighted by molar-refractivity contribution is 7.89. The first kappa shape index (κ1) is 18.7. The molecule has 0 radical (unpaired) electrons. The van der Waals surface area contributed by atoms with Crippen LogP contribution >= 0.6 is 0 Å². The highest BCUT2D eigenvalue weighted by Crippen LogP contribution is 2.26.